The highest BCUT2D eigenvalue weighted by Crippen LogP contribution is 2.17. The van der Waals surface area contributed by atoms with Gasteiger partial charge in [0.05, 0.1) is 19.3 Å². The number of methoxy groups -OCH3 is 1. The molecule has 6 nitrogen and oxygen atoms in total. The minimum Gasteiger partial charge on any atom is -0.497 e. The molecule has 1 fully saturated rings. The molecule has 1 aliphatic rings. The second kappa shape index (κ2) is 7.10. The number of rotatable bonds is 4. The van der Waals surface area contributed by atoms with E-state index in [4.69, 9.17) is 4.74 Å². The zero-order chi connectivity index (χ0) is 16.2. The number of nitrogens with zero attached hydrogens (tertiary/aromatic N) is 5. The average molecular weight is 315 g/mol. The SMILES string of the molecule is COc1ccc(-n2nc(C)nc2CN2CCCN(C)CC2)cc1. The van der Waals surface area contributed by atoms with E-state index >= 15 is 0 Å². The predicted octanol–water partition coefficient (Wildman–Crippen LogP) is 1.72. The Morgan fingerprint density at radius 2 is 1.87 bits per heavy atom. The number of hydrogen-bond donors (Lipinski definition) is 0. The van der Waals surface area contributed by atoms with Gasteiger partial charge in [-0.2, -0.15) is 5.10 Å². The molecule has 0 spiro atoms. The Labute approximate surface area is 137 Å². The highest BCUT2D eigenvalue weighted by molar-refractivity contribution is 5.37. The van der Waals surface area contributed by atoms with E-state index in [1.54, 1.807) is 7.11 Å². The summed E-state index contributed by atoms with van der Waals surface area (Å²) in [5.41, 5.74) is 1.02. The van der Waals surface area contributed by atoms with Gasteiger partial charge in [0.1, 0.15) is 17.4 Å². The first-order valence-electron chi connectivity index (χ1n) is 8.13. The maximum Gasteiger partial charge on any atom is 0.148 e. The molecular weight excluding hydrogens is 290 g/mol. The van der Waals surface area contributed by atoms with Crippen LogP contribution in [0.1, 0.15) is 18.1 Å². The summed E-state index contributed by atoms with van der Waals surface area (Å²) in [4.78, 5) is 9.49. The van der Waals surface area contributed by atoms with Crippen LogP contribution in [0.25, 0.3) is 5.69 Å². The zero-order valence-corrected chi connectivity index (χ0v) is 14.2. The summed E-state index contributed by atoms with van der Waals surface area (Å²) >= 11 is 0. The van der Waals surface area contributed by atoms with Gasteiger partial charge in [-0.3, -0.25) is 4.90 Å². The number of aromatic nitrogens is 3. The van der Waals surface area contributed by atoms with Gasteiger partial charge in [-0.1, -0.05) is 0 Å². The second-order valence-corrected chi connectivity index (χ2v) is 6.12. The van der Waals surface area contributed by atoms with E-state index < -0.39 is 0 Å². The van der Waals surface area contributed by atoms with Crippen molar-refractivity contribution in [2.75, 3.05) is 40.3 Å². The van der Waals surface area contributed by atoms with Gasteiger partial charge < -0.3 is 9.64 Å². The van der Waals surface area contributed by atoms with Crippen LogP contribution in [0.2, 0.25) is 0 Å². The summed E-state index contributed by atoms with van der Waals surface area (Å²) in [5, 5.41) is 4.57. The number of ether oxygens (including phenoxy) is 1. The Morgan fingerprint density at radius 1 is 1.09 bits per heavy atom. The van der Waals surface area contributed by atoms with E-state index in [2.05, 4.69) is 26.9 Å². The number of aryl methyl sites for hydroxylation is 1. The summed E-state index contributed by atoms with van der Waals surface area (Å²) in [6.07, 6.45) is 1.20. The molecule has 0 radical (unpaired) electrons. The van der Waals surface area contributed by atoms with E-state index in [-0.39, 0.29) is 0 Å². The fraction of sp³-hybridized carbons (Fsp3) is 0.529. The number of likely N-dealkylation sites (N-methyl/N-ethyl adjacent to an activating group) is 1. The molecule has 0 unspecified atom stereocenters. The van der Waals surface area contributed by atoms with Gasteiger partial charge in [0.25, 0.3) is 0 Å². The van der Waals surface area contributed by atoms with Crippen LogP contribution in [0.3, 0.4) is 0 Å². The first-order chi connectivity index (χ1) is 11.2. The van der Waals surface area contributed by atoms with Crippen LogP contribution in [-0.2, 0) is 6.54 Å². The molecule has 0 aliphatic carbocycles. The smallest absolute Gasteiger partial charge is 0.148 e. The molecule has 0 bridgehead atoms. The van der Waals surface area contributed by atoms with Gasteiger partial charge in [-0.15, -0.1) is 0 Å². The molecule has 0 saturated carbocycles. The molecule has 0 atom stereocenters. The van der Waals surface area contributed by atoms with Gasteiger partial charge in [-0.05, 0) is 57.7 Å². The highest BCUT2D eigenvalue weighted by Gasteiger charge is 2.16. The number of benzene rings is 1. The van der Waals surface area contributed by atoms with Gasteiger partial charge >= 0.3 is 0 Å². The van der Waals surface area contributed by atoms with Gasteiger partial charge in [0.15, 0.2) is 0 Å². The van der Waals surface area contributed by atoms with Crippen molar-refractivity contribution < 1.29 is 4.74 Å². The van der Waals surface area contributed by atoms with Crippen molar-refractivity contribution >= 4 is 0 Å². The lowest BCUT2D eigenvalue weighted by Gasteiger charge is -2.19. The van der Waals surface area contributed by atoms with Crippen LogP contribution >= 0.6 is 0 Å². The van der Waals surface area contributed by atoms with Gasteiger partial charge in [0, 0.05) is 13.1 Å². The van der Waals surface area contributed by atoms with E-state index in [1.807, 2.05) is 35.9 Å². The monoisotopic (exact) mass is 315 g/mol. The molecule has 3 rings (SSSR count). The molecule has 6 heteroatoms. The summed E-state index contributed by atoms with van der Waals surface area (Å²) in [5.74, 6) is 2.66. The highest BCUT2D eigenvalue weighted by atomic mass is 16.5. The number of hydrogen-bond acceptors (Lipinski definition) is 5. The summed E-state index contributed by atoms with van der Waals surface area (Å²) in [6, 6.07) is 7.95. The largest absolute Gasteiger partial charge is 0.497 e. The molecule has 2 heterocycles. The molecule has 1 aliphatic heterocycles. The van der Waals surface area contributed by atoms with Crippen molar-refractivity contribution in [3.05, 3.63) is 35.9 Å². The molecule has 124 valence electrons. The maximum atomic E-state index is 5.23. The molecule has 0 amide bonds. The third-order valence-electron chi connectivity index (χ3n) is 4.27. The van der Waals surface area contributed by atoms with Gasteiger partial charge in [-0.25, -0.2) is 9.67 Å². The van der Waals surface area contributed by atoms with Crippen LogP contribution in [0.4, 0.5) is 0 Å². The second-order valence-electron chi connectivity index (χ2n) is 6.12. The lowest BCUT2D eigenvalue weighted by Crippen LogP contribution is -2.29. The summed E-state index contributed by atoms with van der Waals surface area (Å²) < 4.78 is 7.18. The van der Waals surface area contributed by atoms with E-state index in [9.17, 15) is 0 Å². The lowest BCUT2D eigenvalue weighted by atomic mass is 10.3. The first-order valence-corrected chi connectivity index (χ1v) is 8.13. The molecule has 2 aromatic rings. The molecule has 1 aromatic heterocycles. The van der Waals surface area contributed by atoms with Crippen molar-refractivity contribution in [3.63, 3.8) is 0 Å². The molecule has 0 N–H and O–H groups in total. The van der Waals surface area contributed by atoms with Crippen LogP contribution < -0.4 is 4.74 Å². The van der Waals surface area contributed by atoms with E-state index in [0.29, 0.717) is 0 Å². The van der Waals surface area contributed by atoms with Crippen LogP contribution in [0.15, 0.2) is 24.3 Å². The van der Waals surface area contributed by atoms with Crippen LogP contribution in [-0.4, -0.2) is 64.9 Å². The van der Waals surface area contributed by atoms with Gasteiger partial charge in [0.2, 0.25) is 0 Å². The van der Waals surface area contributed by atoms with Crippen LogP contribution in [0.5, 0.6) is 5.75 Å². The zero-order valence-electron chi connectivity index (χ0n) is 14.2. The fourth-order valence-corrected chi connectivity index (χ4v) is 2.95. The molecule has 1 saturated heterocycles. The van der Waals surface area contributed by atoms with Crippen molar-refractivity contribution in [1.29, 1.82) is 0 Å². The van der Waals surface area contributed by atoms with Crippen molar-refractivity contribution in [1.82, 2.24) is 24.6 Å². The minimum atomic E-state index is 0.808. The lowest BCUT2D eigenvalue weighted by molar-refractivity contribution is 0.261. The van der Waals surface area contributed by atoms with Crippen molar-refractivity contribution in [3.8, 4) is 11.4 Å². The minimum absolute atomic E-state index is 0.808. The molecular formula is C17H25N5O. The van der Waals surface area contributed by atoms with E-state index in [0.717, 1.165) is 49.3 Å². The van der Waals surface area contributed by atoms with Crippen molar-refractivity contribution in [2.24, 2.45) is 0 Å². The molecule has 23 heavy (non-hydrogen) atoms. The third-order valence-corrected chi connectivity index (χ3v) is 4.27. The summed E-state index contributed by atoms with van der Waals surface area (Å²) in [7, 11) is 3.86. The van der Waals surface area contributed by atoms with Crippen molar-refractivity contribution in [2.45, 2.75) is 19.9 Å². The summed E-state index contributed by atoms with van der Waals surface area (Å²) in [6.45, 7) is 7.24. The normalized spacial score (nSPS) is 17.2. The van der Waals surface area contributed by atoms with Crippen LogP contribution in [0, 0.1) is 6.92 Å². The Morgan fingerprint density at radius 3 is 2.61 bits per heavy atom. The Balaban J connectivity index is 1.79. The third kappa shape index (κ3) is 3.89. The quantitative estimate of drug-likeness (QED) is 0.860. The topological polar surface area (TPSA) is 46.4 Å². The first kappa shape index (κ1) is 16.0. The Kier molecular flexibility index (Phi) is 4.93. The predicted molar refractivity (Wildman–Crippen MR) is 90.0 cm³/mol. The fourth-order valence-electron chi connectivity index (χ4n) is 2.95. The average Bonchev–Trinajstić information content (AvgIpc) is 2.79. The van der Waals surface area contributed by atoms with E-state index in [1.165, 1.54) is 13.0 Å². The standard InChI is InChI=1S/C17H25N5O/c1-14-18-17(13-21-10-4-9-20(2)11-12-21)22(19-14)15-5-7-16(23-3)8-6-15/h5-8H,4,9-13H2,1-3H3. The maximum absolute atomic E-state index is 5.23. The Bertz CT molecular complexity index is 637. The Hall–Kier alpha value is -1.92. The molecule has 1 aromatic carbocycles.